The van der Waals surface area contributed by atoms with Crippen molar-refractivity contribution in [2.75, 3.05) is 12.4 Å². The summed E-state index contributed by atoms with van der Waals surface area (Å²) < 4.78 is 43.5. The number of anilines is 1. The van der Waals surface area contributed by atoms with Crippen LogP contribution in [0.2, 0.25) is 0 Å². The molecule has 0 aliphatic carbocycles. The molecule has 0 aliphatic heterocycles. The Hall–Kier alpha value is -2.25. The van der Waals surface area contributed by atoms with Gasteiger partial charge in [0, 0.05) is 12.7 Å². The number of nitrogens with one attached hydrogen (secondary N) is 1. The molecular weight excluding hydrogens is 303 g/mol. The molecule has 0 aromatic heterocycles. The molecule has 2 N–H and O–H groups in total. The average molecular weight is 319 g/mol. The smallest absolute Gasteiger partial charge is 0.416 e. The summed E-state index contributed by atoms with van der Waals surface area (Å²) in [6.07, 6.45) is -4.73. The number of carbonyl (C=O) groups excluding carboxylic acids is 1. The van der Waals surface area contributed by atoms with E-state index in [1.54, 1.807) is 20.8 Å². The van der Waals surface area contributed by atoms with E-state index >= 15 is 0 Å². The molecule has 0 fully saturated rings. The van der Waals surface area contributed by atoms with E-state index in [1.165, 1.54) is 7.05 Å². The maximum Gasteiger partial charge on any atom is 0.416 e. The SMILES string of the molecule is CNc1cc(C(F)(F)F)cc(C(=O)O)c1C(=O)OC(C)(C)C. The second kappa shape index (κ2) is 5.86. The van der Waals surface area contributed by atoms with E-state index in [1.807, 2.05) is 0 Å². The number of alkyl halides is 3. The zero-order valence-corrected chi connectivity index (χ0v) is 12.5. The van der Waals surface area contributed by atoms with E-state index in [9.17, 15) is 22.8 Å². The van der Waals surface area contributed by atoms with Crippen LogP contribution in [0.1, 0.15) is 47.1 Å². The Kier molecular flexibility index (Phi) is 4.74. The Morgan fingerprint density at radius 1 is 1.18 bits per heavy atom. The molecule has 0 saturated carbocycles. The molecule has 0 saturated heterocycles. The predicted molar refractivity (Wildman–Crippen MR) is 73.1 cm³/mol. The third kappa shape index (κ3) is 4.12. The number of aromatic carboxylic acids is 1. The van der Waals surface area contributed by atoms with Crippen LogP contribution in [-0.2, 0) is 10.9 Å². The highest BCUT2D eigenvalue weighted by Crippen LogP contribution is 2.34. The Morgan fingerprint density at radius 2 is 1.73 bits per heavy atom. The number of hydrogen-bond donors (Lipinski definition) is 2. The molecule has 0 radical (unpaired) electrons. The Labute approximate surface area is 125 Å². The third-order valence-corrected chi connectivity index (χ3v) is 2.57. The Bertz CT molecular complexity index is 603. The van der Waals surface area contributed by atoms with Crippen LogP contribution in [0.3, 0.4) is 0 Å². The summed E-state index contributed by atoms with van der Waals surface area (Å²) in [6, 6.07) is 1.09. The summed E-state index contributed by atoms with van der Waals surface area (Å²) in [5.41, 5.74) is -3.56. The minimum Gasteiger partial charge on any atom is -0.478 e. The molecule has 0 amide bonds. The number of carbonyl (C=O) groups is 2. The third-order valence-electron chi connectivity index (χ3n) is 2.57. The summed E-state index contributed by atoms with van der Waals surface area (Å²) in [5.74, 6) is -2.66. The van der Waals surface area contributed by atoms with E-state index in [4.69, 9.17) is 9.84 Å². The van der Waals surface area contributed by atoms with Crippen molar-refractivity contribution >= 4 is 17.6 Å². The van der Waals surface area contributed by atoms with Crippen molar-refractivity contribution in [2.45, 2.75) is 32.5 Å². The average Bonchev–Trinajstić information content (AvgIpc) is 2.33. The molecule has 0 spiro atoms. The number of esters is 1. The van der Waals surface area contributed by atoms with Gasteiger partial charge in [-0.1, -0.05) is 0 Å². The van der Waals surface area contributed by atoms with Crippen LogP contribution < -0.4 is 5.32 Å². The van der Waals surface area contributed by atoms with Crippen LogP contribution in [0.4, 0.5) is 18.9 Å². The predicted octanol–water partition coefficient (Wildman–Crippen LogP) is 3.40. The van der Waals surface area contributed by atoms with Gasteiger partial charge in [0.2, 0.25) is 0 Å². The zero-order chi connectivity index (χ0) is 17.3. The van der Waals surface area contributed by atoms with E-state index in [-0.39, 0.29) is 5.69 Å². The standard InChI is InChI=1S/C14H16F3NO4/c1-13(2,3)22-12(21)10-8(11(19)20)5-7(14(15,16)17)6-9(10)18-4/h5-6,18H,1-4H3,(H,19,20). The summed E-state index contributed by atoms with van der Waals surface area (Å²) in [6.45, 7) is 4.69. The van der Waals surface area contributed by atoms with Crippen LogP contribution in [0.25, 0.3) is 0 Å². The molecule has 122 valence electrons. The first-order chi connectivity index (χ1) is 9.86. The molecule has 1 rings (SSSR count). The lowest BCUT2D eigenvalue weighted by Gasteiger charge is -2.22. The van der Waals surface area contributed by atoms with Gasteiger partial charge in [0.1, 0.15) is 5.60 Å². The van der Waals surface area contributed by atoms with Crippen LogP contribution in [0.5, 0.6) is 0 Å². The van der Waals surface area contributed by atoms with Gasteiger partial charge in [-0.2, -0.15) is 13.2 Å². The second-order valence-electron chi connectivity index (χ2n) is 5.50. The van der Waals surface area contributed by atoms with Gasteiger partial charge in [0.05, 0.1) is 16.7 Å². The van der Waals surface area contributed by atoms with Crippen molar-refractivity contribution in [2.24, 2.45) is 0 Å². The lowest BCUT2D eigenvalue weighted by molar-refractivity contribution is -0.137. The fourth-order valence-corrected chi connectivity index (χ4v) is 1.72. The maximum absolute atomic E-state index is 12.8. The minimum atomic E-state index is -4.73. The molecule has 1 aromatic rings. The van der Waals surface area contributed by atoms with Gasteiger partial charge < -0.3 is 15.2 Å². The Balaban J connectivity index is 3.55. The fourth-order valence-electron chi connectivity index (χ4n) is 1.72. The quantitative estimate of drug-likeness (QED) is 0.835. The van der Waals surface area contributed by atoms with Crippen LogP contribution in [0, 0.1) is 0 Å². The number of halogens is 3. The molecule has 5 nitrogen and oxygen atoms in total. The number of benzene rings is 1. The first-order valence-corrected chi connectivity index (χ1v) is 6.26. The lowest BCUT2D eigenvalue weighted by atomic mass is 10.0. The number of carboxylic acid groups (broad SMARTS) is 1. The van der Waals surface area contributed by atoms with E-state index < -0.39 is 40.4 Å². The summed E-state index contributed by atoms with van der Waals surface area (Å²) in [4.78, 5) is 23.4. The van der Waals surface area contributed by atoms with Crippen molar-refractivity contribution in [3.05, 3.63) is 28.8 Å². The fraction of sp³-hybridized carbons (Fsp3) is 0.429. The van der Waals surface area contributed by atoms with Crippen molar-refractivity contribution in [1.29, 1.82) is 0 Å². The molecule has 1 aromatic carbocycles. The van der Waals surface area contributed by atoms with Gasteiger partial charge in [-0.15, -0.1) is 0 Å². The molecule has 22 heavy (non-hydrogen) atoms. The van der Waals surface area contributed by atoms with Crippen LogP contribution in [-0.4, -0.2) is 29.7 Å². The summed E-state index contributed by atoms with van der Waals surface area (Å²) in [5, 5.41) is 11.5. The summed E-state index contributed by atoms with van der Waals surface area (Å²) >= 11 is 0. The van der Waals surface area contributed by atoms with E-state index in [0.29, 0.717) is 12.1 Å². The molecule has 0 aliphatic rings. The summed E-state index contributed by atoms with van der Waals surface area (Å²) in [7, 11) is 1.29. The molecule has 0 bridgehead atoms. The van der Waals surface area contributed by atoms with Gasteiger partial charge >= 0.3 is 18.1 Å². The van der Waals surface area contributed by atoms with Gasteiger partial charge in [0.25, 0.3) is 0 Å². The number of rotatable bonds is 3. The van der Waals surface area contributed by atoms with Crippen molar-refractivity contribution in [1.82, 2.24) is 0 Å². The first-order valence-electron chi connectivity index (χ1n) is 6.26. The topological polar surface area (TPSA) is 75.6 Å². The monoisotopic (exact) mass is 319 g/mol. The minimum absolute atomic E-state index is 0.263. The Morgan fingerprint density at radius 3 is 2.09 bits per heavy atom. The van der Waals surface area contributed by atoms with Gasteiger partial charge in [-0.05, 0) is 32.9 Å². The van der Waals surface area contributed by atoms with Crippen LogP contribution >= 0.6 is 0 Å². The highest BCUT2D eigenvalue weighted by atomic mass is 19.4. The highest BCUT2D eigenvalue weighted by molar-refractivity contribution is 6.07. The number of hydrogen-bond acceptors (Lipinski definition) is 4. The molecule has 8 heteroatoms. The van der Waals surface area contributed by atoms with Gasteiger partial charge in [-0.3, -0.25) is 0 Å². The molecule has 0 heterocycles. The molecular formula is C14H16F3NO4. The largest absolute Gasteiger partial charge is 0.478 e. The number of ether oxygens (including phenoxy) is 1. The zero-order valence-electron chi connectivity index (χ0n) is 12.5. The normalized spacial score (nSPS) is 12.0. The van der Waals surface area contributed by atoms with Crippen molar-refractivity contribution in [3.63, 3.8) is 0 Å². The molecule has 0 atom stereocenters. The van der Waals surface area contributed by atoms with Gasteiger partial charge in [0.15, 0.2) is 0 Å². The molecule has 0 unspecified atom stereocenters. The van der Waals surface area contributed by atoms with E-state index in [0.717, 1.165) is 0 Å². The number of carboxylic acids is 1. The van der Waals surface area contributed by atoms with Crippen molar-refractivity contribution in [3.8, 4) is 0 Å². The van der Waals surface area contributed by atoms with E-state index in [2.05, 4.69) is 5.32 Å². The van der Waals surface area contributed by atoms with Crippen LogP contribution in [0.15, 0.2) is 12.1 Å². The van der Waals surface area contributed by atoms with Gasteiger partial charge in [-0.25, -0.2) is 9.59 Å². The highest BCUT2D eigenvalue weighted by Gasteiger charge is 2.35. The first kappa shape index (κ1) is 17.8. The second-order valence-corrected chi connectivity index (χ2v) is 5.50. The maximum atomic E-state index is 12.8. The van der Waals surface area contributed by atoms with Crippen molar-refractivity contribution < 1.29 is 32.6 Å². The lowest BCUT2D eigenvalue weighted by Crippen LogP contribution is -2.26.